The van der Waals surface area contributed by atoms with E-state index >= 15 is 0 Å². The van der Waals surface area contributed by atoms with Crippen molar-refractivity contribution in [3.63, 3.8) is 0 Å². The zero-order valence-corrected chi connectivity index (χ0v) is 10.7. The van der Waals surface area contributed by atoms with Gasteiger partial charge in [-0.2, -0.15) is 0 Å². The number of sulfone groups is 1. The highest BCUT2D eigenvalue weighted by atomic mass is 32.2. The summed E-state index contributed by atoms with van der Waals surface area (Å²) in [6.07, 6.45) is 4.35. The van der Waals surface area contributed by atoms with Gasteiger partial charge in [0, 0.05) is 31.8 Å². The molecule has 0 atom stereocenters. The molecule has 0 heterocycles. The summed E-state index contributed by atoms with van der Waals surface area (Å²) in [5.41, 5.74) is 5.62. The van der Waals surface area contributed by atoms with Gasteiger partial charge in [0.2, 0.25) is 5.91 Å². The number of carbonyl (C=O) groups is 1. The Labute approximate surface area is 96.9 Å². The maximum atomic E-state index is 11.7. The SMILES string of the molecule is CN(CCS(C)(=O)=O)C(=O)CC1(N)CCC1. The van der Waals surface area contributed by atoms with Crippen LogP contribution in [0.25, 0.3) is 0 Å². The largest absolute Gasteiger partial charge is 0.345 e. The predicted octanol–water partition coefficient (Wildman–Crippen LogP) is -0.239. The van der Waals surface area contributed by atoms with Crippen LogP contribution in [0, 0.1) is 0 Å². The lowest BCUT2D eigenvalue weighted by Gasteiger charge is -2.38. The molecule has 1 fully saturated rings. The molecule has 0 unspecified atom stereocenters. The Morgan fingerprint density at radius 2 is 2.00 bits per heavy atom. The molecule has 1 rings (SSSR count). The van der Waals surface area contributed by atoms with E-state index in [9.17, 15) is 13.2 Å². The molecule has 1 aliphatic carbocycles. The number of hydrogen-bond donors (Lipinski definition) is 1. The van der Waals surface area contributed by atoms with Crippen molar-refractivity contribution in [2.24, 2.45) is 5.73 Å². The fourth-order valence-corrected chi connectivity index (χ4v) is 2.28. The van der Waals surface area contributed by atoms with Gasteiger partial charge >= 0.3 is 0 Å². The molecule has 0 aromatic carbocycles. The van der Waals surface area contributed by atoms with Gasteiger partial charge in [0.15, 0.2) is 0 Å². The number of rotatable bonds is 5. The van der Waals surface area contributed by atoms with Crippen LogP contribution in [0.4, 0.5) is 0 Å². The van der Waals surface area contributed by atoms with Crippen molar-refractivity contribution in [3.05, 3.63) is 0 Å². The molecule has 2 N–H and O–H groups in total. The van der Waals surface area contributed by atoms with Crippen molar-refractivity contribution >= 4 is 15.7 Å². The zero-order chi connectivity index (χ0) is 12.4. The van der Waals surface area contributed by atoms with E-state index in [-0.39, 0.29) is 23.7 Å². The van der Waals surface area contributed by atoms with Crippen molar-refractivity contribution in [1.29, 1.82) is 0 Å². The minimum absolute atomic E-state index is 0.00676. The van der Waals surface area contributed by atoms with Crippen LogP contribution in [-0.2, 0) is 14.6 Å². The summed E-state index contributed by atoms with van der Waals surface area (Å²) in [4.78, 5) is 13.2. The molecular formula is C10H20N2O3S. The summed E-state index contributed by atoms with van der Waals surface area (Å²) >= 11 is 0. The second kappa shape index (κ2) is 4.71. The summed E-state index contributed by atoms with van der Waals surface area (Å²) in [6, 6.07) is 0. The van der Waals surface area contributed by atoms with Gasteiger partial charge in [0.05, 0.1) is 5.75 Å². The summed E-state index contributed by atoms with van der Waals surface area (Å²) in [5, 5.41) is 0. The first-order chi connectivity index (χ1) is 7.22. The molecule has 0 aromatic heterocycles. The second-order valence-corrected chi connectivity index (χ2v) is 7.10. The Bertz CT molecular complexity index is 360. The van der Waals surface area contributed by atoms with Crippen LogP contribution in [0.3, 0.4) is 0 Å². The molecule has 16 heavy (non-hydrogen) atoms. The van der Waals surface area contributed by atoms with Crippen LogP contribution in [0.15, 0.2) is 0 Å². The minimum Gasteiger partial charge on any atom is -0.345 e. The summed E-state index contributed by atoms with van der Waals surface area (Å²) in [6.45, 7) is 0.244. The fraction of sp³-hybridized carbons (Fsp3) is 0.900. The number of nitrogens with zero attached hydrogens (tertiary/aromatic N) is 1. The Hall–Kier alpha value is -0.620. The van der Waals surface area contributed by atoms with Crippen molar-refractivity contribution < 1.29 is 13.2 Å². The van der Waals surface area contributed by atoms with Crippen molar-refractivity contribution in [2.45, 2.75) is 31.2 Å². The molecular weight excluding hydrogens is 228 g/mol. The average molecular weight is 248 g/mol. The lowest BCUT2D eigenvalue weighted by Crippen LogP contribution is -2.50. The third kappa shape index (κ3) is 4.09. The van der Waals surface area contributed by atoms with Gasteiger partial charge in [-0.15, -0.1) is 0 Å². The zero-order valence-electron chi connectivity index (χ0n) is 9.90. The Balaban J connectivity index is 2.36. The molecule has 6 heteroatoms. The molecule has 0 aromatic rings. The predicted molar refractivity (Wildman–Crippen MR) is 62.7 cm³/mol. The molecule has 0 bridgehead atoms. The Morgan fingerprint density at radius 1 is 1.44 bits per heavy atom. The van der Waals surface area contributed by atoms with E-state index in [4.69, 9.17) is 5.73 Å². The molecule has 1 amide bonds. The third-order valence-electron chi connectivity index (χ3n) is 3.08. The van der Waals surface area contributed by atoms with E-state index in [0.29, 0.717) is 6.42 Å². The molecule has 1 saturated carbocycles. The summed E-state index contributed by atoms with van der Waals surface area (Å²) in [5.74, 6) is -0.0573. The van der Waals surface area contributed by atoms with E-state index in [1.807, 2.05) is 0 Å². The van der Waals surface area contributed by atoms with E-state index in [1.165, 1.54) is 11.2 Å². The second-order valence-electron chi connectivity index (χ2n) is 4.84. The number of carbonyl (C=O) groups excluding carboxylic acids is 1. The molecule has 94 valence electrons. The highest BCUT2D eigenvalue weighted by molar-refractivity contribution is 7.90. The average Bonchev–Trinajstić information content (AvgIpc) is 2.10. The normalized spacial score (nSPS) is 18.9. The van der Waals surface area contributed by atoms with Crippen molar-refractivity contribution in [3.8, 4) is 0 Å². The number of hydrogen-bond acceptors (Lipinski definition) is 4. The first kappa shape index (κ1) is 13.4. The minimum atomic E-state index is -3.01. The topological polar surface area (TPSA) is 80.5 Å². The van der Waals surface area contributed by atoms with Crippen LogP contribution in [0.2, 0.25) is 0 Å². The molecule has 1 aliphatic rings. The van der Waals surface area contributed by atoms with Crippen LogP contribution in [0.5, 0.6) is 0 Å². The van der Waals surface area contributed by atoms with Crippen molar-refractivity contribution in [2.75, 3.05) is 25.6 Å². The highest BCUT2D eigenvalue weighted by Gasteiger charge is 2.35. The molecule has 5 nitrogen and oxygen atoms in total. The maximum absolute atomic E-state index is 11.7. The summed E-state index contributed by atoms with van der Waals surface area (Å²) in [7, 11) is -1.39. The Kier molecular flexibility index (Phi) is 3.96. The van der Waals surface area contributed by atoms with Gasteiger partial charge < -0.3 is 10.6 Å². The first-order valence-corrected chi connectivity index (χ1v) is 7.48. The van der Waals surface area contributed by atoms with Gasteiger partial charge in [-0.3, -0.25) is 4.79 Å². The van der Waals surface area contributed by atoms with Crippen LogP contribution in [-0.4, -0.2) is 50.4 Å². The standard InChI is InChI=1S/C10H20N2O3S/c1-12(6-7-16(2,14)15)9(13)8-10(11)4-3-5-10/h3-8,11H2,1-2H3. The van der Waals surface area contributed by atoms with Crippen LogP contribution in [0.1, 0.15) is 25.7 Å². The van der Waals surface area contributed by atoms with Gasteiger partial charge in [0.1, 0.15) is 9.84 Å². The van der Waals surface area contributed by atoms with E-state index < -0.39 is 9.84 Å². The van der Waals surface area contributed by atoms with Gasteiger partial charge in [-0.05, 0) is 19.3 Å². The number of nitrogens with two attached hydrogens (primary N) is 1. The van der Waals surface area contributed by atoms with E-state index in [0.717, 1.165) is 19.3 Å². The molecule has 0 saturated heterocycles. The highest BCUT2D eigenvalue weighted by Crippen LogP contribution is 2.32. The van der Waals surface area contributed by atoms with E-state index in [1.54, 1.807) is 7.05 Å². The van der Waals surface area contributed by atoms with Crippen LogP contribution < -0.4 is 5.73 Å². The molecule has 0 radical (unpaired) electrons. The smallest absolute Gasteiger partial charge is 0.224 e. The van der Waals surface area contributed by atoms with Gasteiger partial charge in [-0.1, -0.05) is 0 Å². The van der Waals surface area contributed by atoms with Crippen LogP contribution >= 0.6 is 0 Å². The van der Waals surface area contributed by atoms with Crippen molar-refractivity contribution in [1.82, 2.24) is 4.90 Å². The van der Waals surface area contributed by atoms with Gasteiger partial charge in [-0.25, -0.2) is 8.42 Å². The third-order valence-corrected chi connectivity index (χ3v) is 4.00. The Morgan fingerprint density at radius 3 is 2.38 bits per heavy atom. The molecule has 0 spiro atoms. The lowest BCUT2D eigenvalue weighted by atomic mass is 9.75. The maximum Gasteiger partial charge on any atom is 0.224 e. The molecule has 0 aliphatic heterocycles. The first-order valence-electron chi connectivity index (χ1n) is 5.42. The summed E-state index contributed by atoms with van der Waals surface area (Å²) < 4.78 is 21.9. The quantitative estimate of drug-likeness (QED) is 0.728. The monoisotopic (exact) mass is 248 g/mol. The van der Waals surface area contributed by atoms with E-state index in [2.05, 4.69) is 0 Å². The number of amides is 1. The lowest BCUT2D eigenvalue weighted by molar-refractivity contribution is -0.131. The fourth-order valence-electron chi connectivity index (χ4n) is 1.67. The van der Waals surface area contributed by atoms with Gasteiger partial charge in [0.25, 0.3) is 0 Å².